The molecule has 0 N–H and O–H groups in total. The number of carbonyl (C=O) groups is 2. The Labute approximate surface area is 129 Å². The van der Waals surface area contributed by atoms with E-state index < -0.39 is 17.7 Å². The first-order valence-corrected chi connectivity index (χ1v) is 6.91. The zero-order chi connectivity index (χ0) is 16.3. The van der Waals surface area contributed by atoms with Crippen molar-refractivity contribution in [2.24, 2.45) is 0 Å². The van der Waals surface area contributed by atoms with Crippen LogP contribution < -0.4 is 0 Å². The van der Waals surface area contributed by atoms with Crippen molar-refractivity contribution in [1.82, 2.24) is 4.57 Å². The average Bonchev–Trinajstić information content (AvgIpc) is 2.82. The highest BCUT2D eigenvalue weighted by atomic mass is 16.6. The lowest BCUT2D eigenvalue weighted by Crippen LogP contribution is -2.26. The first-order valence-electron chi connectivity index (χ1n) is 6.91. The van der Waals surface area contributed by atoms with Gasteiger partial charge in [-0.2, -0.15) is 0 Å². The zero-order valence-electron chi connectivity index (χ0n) is 13.1. The minimum Gasteiger partial charge on any atom is -0.466 e. The summed E-state index contributed by atoms with van der Waals surface area (Å²) in [7, 11) is 1.32. The number of benzene rings is 1. The van der Waals surface area contributed by atoms with Gasteiger partial charge in [-0.05, 0) is 32.9 Å². The molecule has 2 rings (SSSR count). The third kappa shape index (κ3) is 3.55. The van der Waals surface area contributed by atoms with E-state index in [4.69, 9.17) is 4.74 Å². The minimum atomic E-state index is -0.579. The molecule has 1 aromatic heterocycles. The molecule has 0 saturated heterocycles. The predicted octanol–water partition coefficient (Wildman–Crippen LogP) is 3.61. The molecule has 0 aliphatic carbocycles. The molecule has 116 valence electrons. The molecular weight excluding hydrogens is 282 g/mol. The SMILES string of the molecule is COC(=O)/C=C/c1cn(C(=O)OC(C)(C)C)c2ccccc12. The number of hydrogen-bond acceptors (Lipinski definition) is 4. The van der Waals surface area contributed by atoms with E-state index in [1.54, 1.807) is 12.3 Å². The summed E-state index contributed by atoms with van der Waals surface area (Å²) < 4.78 is 11.4. The Morgan fingerprint density at radius 3 is 2.50 bits per heavy atom. The van der Waals surface area contributed by atoms with Crippen LogP contribution in [-0.2, 0) is 14.3 Å². The van der Waals surface area contributed by atoms with E-state index in [1.165, 1.54) is 17.8 Å². The number of esters is 1. The van der Waals surface area contributed by atoms with Gasteiger partial charge in [-0.25, -0.2) is 9.59 Å². The number of fused-ring (bicyclic) bond motifs is 1. The van der Waals surface area contributed by atoms with Gasteiger partial charge < -0.3 is 9.47 Å². The number of methoxy groups -OCH3 is 1. The van der Waals surface area contributed by atoms with E-state index in [0.29, 0.717) is 0 Å². The number of ether oxygens (including phenoxy) is 2. The first-order chi connectivity index (χ1) is 10.3. The van der Waals surface area contributed by atoms with Crippen LogP contribution in [0.4, 0.5) is 4.79 Å². The molecule has 0 spiro atoms. The maximum Gasteiger partial charge on any atom is 0.419 e. The second-order valence-corrected chi connectivity index (χ2v) is 5.81. The second-order valence-electron chi connectivity index (χ2n) is 5.81. The quantitative estimate of drug-likeness (QED) is 0.628. The summed E-state index contributed by atoms with van der Waals surface area (Å²) >= 11 is 0. The van der Waals surface area contributed by atoms with Gasteiger partial charge in [-0.1, -0.05) is 18.2 Å². The molecule has 0 saturated carbocycles. The molecule has 0 atom stereocenters. The predicted molar refractivity (Wildman–Crippen MR) is 84.6 cm³/mol. The van der Waals surface area contributed by atoms with Crippen molar-refractivity contribution in [2.75, 3.05) is 7.11 Å². The summed E-state index contributed by atoms with van der Waals surface area (Å²) in [4.78, 5) is 23.5. The van der Waals surface area contributed by atoms with Crippen LogP contribution in [0.5, 0.6) is 0 Å². The summed E-state index contributed by atoms with van der Waals surface area (Å²) in [5, 5.41) is 0.855. The van der Waals surface area contributed by atoms with Crippen molar-refractivity contribution in [3.05, 3.63) is 42.1 Å². The van der Waals surface area contributed by atoms with Gasteiger partial charge in [0.05, 0.1) is 12.6 Å². The highest BCUT2D eigenvalue weighted by Crippen LogP contribution is 2.23. The second kappa shape index (κ2) is 6.05. The zero-order valence-corrected chi connectivity index (χ0v) is 13.1. The molecule has 1 heterocycles. The maximum absolute atomic E-state index is 12.3. The van der Waals surface area contributed by atoms with Crippen LogP contribution in [0.2, 0.25) is 0 Å². The first kappa shape index (κ1) is 15.8. The number of hydrogen-bond donors (Lipinski definition) is 0. The summed E-state index contributed by atoms with van der Waals surface area (Å²) in [5.41, 5.74) is 0.887. The molecule has 0 amide bonds. The highest BCUT2D eigenvalue weighted by Gasteiger charge is 2.20. The van der Waals surface area contributed by atoms with E-state index in [1.807, 2.05) is 45.0 Å². The van der Waals surface area contributed by atoms with E-state index in [9.17, 15) is 9.59 Å². The minimum absolute atomic E-state index is 0.450. The smallest absolute Gasteiger partial charge is 0.419 e. The van der Waals surface area contributed by atoms with Crippen molar-refractivity contribution in [1.29, 1.82) is 0 Å². The Morgan fingerprint density at radius 1 is 1.18 bits per heavy atom. The van der Waals surface area contributed by atoms with Gasteiger partial charge in [0, 0.05) is 23.2 Å². The molecule has 0 aliphatic heterocycles. The molecule has 22 heavy (non-hydrogen) atoms. The van der Waals surface area contributed by atoms with Gasteiger partial charge >= 0.3 is 12.1 Å². The molecule has 1 aromatic carbocycles. The molecule has 0 fully saturated rings. The van der Waals surface area contributed by atoms with Crippen LogP contribution in [0.25, 0.3) is 17.0 Å². The number of para-hydroxylation sites is 1. The van der Waals surface area contributed by atoms with Gasteiger partial charge in [0.25, 0.3) is 0 Å². The van der Waals surface area contributed by atoms with E-state index in [-0.39, 0.29) is 0 Å². The summed E-state index contributed by atoms with van der Waals surface area (Å²) in [6, 6.07) is 7.43. The van der Waals surface area contributed by atoms with Gasteiger partial charge in [-0.3, -0.25) is 4.57 Å². The Hall–Kier alpha value is -2.56. The number of carbonyl (C=O) groups excluding carboxylic acids is 2. The largest absolute Gasteiger partial charge is 0.466 e. The molecule has 0 unspecified atom stereocenters. The molecule has 5 heteroatoms. The van der Waals surface area contributed by atoms with Crippen LogP contribution in [0.15, 0.2) is 36.5 Å². The fourth-order valence-corrected chi connectivity index (χ4v) is 2.03. The molecule has 0 bridgehead atoms. The van der Waals surface area contributed by atoms with Gasteiger partial charge in [-0.15, -0.1) is 0 Å². The van der Waals surface area contributed by atoms with Crippen LogP contribution in [-0.4, -0.2) is 29.3 Å². The highest BCUT2D eigenvalue weighted by molar-refractivity contribution is 5.98. The monoisotopic (exact) mass is 301 g/mol. The van der Waals surface area contributed by atoms with Gasteiger partial charge in [0.2, 0.25) is 0 Å². The van der Waals surface area contributed by atoms with E-state index in [0.717, 1.165) is 16.5 Å². The van der Waals surface area contributed by atoms with Crippen LogP contribution in [0.1, 0.15) is 26.3 Å². The molecule has 0 radical (unpaired) electrons. The topological polar surface area (TPSA) is 57.5 Å². The lowest BCUT2D eigenvalue weighted by Gasteiger charge is -2.19. The molecule has 2 aromatic rings. The van der Waals surface area contributed by atoms with Gasteiger partial charge in [0.15, 0.2) is 0 Å². The van der Waals surface area contributed by atoms with Crippen LogP contribution >= 0.6 is 0 Å². The standard InChI is InChI=1S/C17H19NO4/c1-17(2,3)22-16(20)18-11-12(9-10-15(19)21-4)13-7-5-6-8-14(13)18/h5-11H,1-4H3/b10-9+. The Kier molecular flexibility index (Phi) is 4.35. The fourth-order valence-electron chi connectivity index (χ4n) is 2.03. The van der Waals surface area contributed by atoms with Crippen molar-refractivity contribution >= 4 is 29.0 Å². The van der Waals surface area contributed by atoms with Gasteiger partial charge in [0.1, 0.15) is 5.60 Å². The van der Waals surface area contributed by atoms with Crippen molar-refractivity contribution in [2.45, 2.75) is 26.4 Å². The van der Waals surface area contributed by atoms with Crippen LogP contribution in [0.3, 0.4) is 0 Å². The summed E-state index contributed by atoms with van der Waals surface area (Å²) in [6.07, 6.45) is 4.13. The lowest BCUT2D eigenvalue weighted by molar-refractivity contribution is -0.134. The summed E-state index contributed by atoms with van der Waals surface area (Å²) in [5.74, 6) is -0.450. The normalized spacial score (nSPS) is 11.8. The Balaban J connectivity index is 2.46. The average molecular weight is 301 g/mol. The Bertz CT molecular complexity index is 735. The molecular formula is C17H19NO4. The van der Waals surface area contributed by atoms with E-state index >= 15 is 0 Å². The maximum atomic E-state index is 12.3. The number of aromatic nitrogens is 1. The van der Waals surface area contributed by atoms with E-state index in [2.05, 4.69) is 4.74 Å². The number of nitrogens with zero attached hydrogens (tertiary/aromatic N) is 1. The van der Waals surface area contributed by atoms with Crippen molar-refractivity contribution in [3.63, 3.8) is 0 Å². The van der Waals surface area contributed by atoms with Crippen LogP contribution in [0, 0.1) is 0 Å². The third-order valence-electron chi connectivity index (χ3n) is 2.93. The Morgan fingerprint density at radius 2 is 1.86 bits per heavy atom. The van der Waals surface area contributed by atoms with Crippen molar-refractivity contribution in [3.8, 4) is 0 Å². The fraction of sp³-hybridized carbons (Fsp3) is 0.294. The third-order valence-corrected chi connectivity index (χ3v) is 2.93. The van der Waals surface area contributed by atoms with Crippen molar-refractivity contribution < 1.29 is 19.1 Å². The summed E-state index contributed by atoms with van der Waals surface area (Å²) in [6.45, 7) is 5.44. The number of rotatable bonds is 2. The lowest BCUT2D eigenvalue weighted by atomic mass is 10.1. The molecule has 5 nitrogen and oxygen atoms in total. The molecule has 0 aliphatic rings.